The second-order valence-corrected chi connectivity index (χ2v) is 8.29. The van der Waals surface area contributed by atoms with Gasteiger partial charge in [0.05, 0.1) is 12.7 Å². The molecule has 1 fully saturated rings. The van der Waals surface area contributed by atoms with E-state index in [4.69, 9.17) is 0 Å². The Morgan fingerprint density at radius 3 is 2.50 bits per heavy atom. The molecule has 24 heavy (non-hydrogen) atoms. The Morgan fingerprint density at radius 1 is 1.08 bits per heavy atom. The van der Waals surface area contributed by atoms with Crippen LogP contribution in [0.2, 0.25) is 0 Å². The fraction of sp³-hybridized carbons (Fsp3) is 0.471. The predicted octanol–water partition coefficient (Wildman–Crippen LogP) is 2.09. The average Bonchev–Trinajstić information content (AvgIpc) is 3.03. The zero-order chi connectivity index (χ0) is 17.0. The lowest BCUT2D eigenvalue weighted by Crippen LogP contribution is -2.43. The molecule has 0 unspecified atom stereocenters. The van der Waals surface area contributed by atoms with Crippen LogP contribution in [0.25, 0.3) is 0 Å². The van der Waals surface area contributed by atoms with Crippen LogP contribution in [0.4, 0.5) is 0 Å². The van der Waals surface area contributed by atoms with E-state index >= 15 is 0 Å². The Morgan fingerprint density at radius 2 is 1.79 bits per heavy atom. The first kappa shape index (κ1) is 17.1. The van der Waals surface area contributed by atoms with Crippen molar-refractivity contribution in [3.8, 4) is 0 Å². The van der Waals surface area contributed by atoms with Gasteiger partial charge in [-0.3, -0.25) is 4.68 Å². The summed E-state index contributed by atoms with van der Waals surface area (Å²) in [6.07, 6.45) is 6.66. The lowest BCUT2D eigenvalue weighted by atomic mass is 10.2. The summed E-state index contributed by atoms with van der Waals surface area (Å²) in [4.78, 5) is 0. The lowest BCUT2D eigenvalue weighted by molar-refractivity contribution is 0.314. The minimum atomic E-state index is -3.38. The monoisotopic (exact) mass is 348 g/mol. The molecule has 7 heteroatoms. The van der Waals surface area contributed by atoms with Gasteiger partial charge < -0.3 is 0 Å². The van der Waals surface area contributed by atoms with E-state index in [0.29, 0.717) is 26.2 Å². The van der Waals surface area contributed by atoms with E-state index in [1.807, 2.05) is 41.2 Å². The SMILES string of the molecule is CN(Cc1cnn(Cc2ccccc2)c1)S(=O)(=O)N1CCCCC1. The summed E-state index contributed by atoms with van der Waals surface area (Å²) in [7, 11) is -1.74. The molecule has 0 N–H and O–H groups in total. The van der Waals surface area contributed by atoms with Crippen molar-refractivity contribution in [1.29, 1.82) is 0 Å². The van der Waals surface area contributed by atoms with Crippen molar-refractivity contribution in [3.63, 3.8) is 0 Å². The highest BCUT2D eigenvalue weighted by Crippen LogP contribution is 2.17. The van der Waals surface area contributed by atoms with Crippen LogP contribution >= 0.6 is 0 Å². The first-order chi connectivity index (χ1) is 11.6. The maximum atomic E-state index is 12.6. The van der Waals surface area contributed by atoms with Gasteiger partial charge in [-0.05, 0) is 18.4 Å². The Labute approximate surface area is 143 Å². The average molecular weight is 348 g/mol. The summed E-state index contributed by atoms with van der Waals surface area (Å²) in [5.41, 5.74) is 2.07. The fourth-order valence-electron chi connectivity index (χ4n) is 2.98. The zero-order valence-electron chi connectivity index (χ0n) is 14.0. The van der Waals surface area contributed by atoms with Crippen molar-refractivity contribution >= 4 is 10.2 Å². The molecule has 2 aromatic rings. The van der Waals surface area contributed by atoms with Crippen molar-refractivity contribution in [2.45, 2.75) is 32.4 Å². The number of hydrogen-bond acceptors (Lipinski definition) is 3. The molecule has 1 aromatic carbocycles. The van der Waals surface area contributed by atoms with Crippen LogP contribution in [0.3, 0.4) is 0 Å². The molecule has 1 aliphatic heterocycles. The molecule has 0 aliphatic carbocycles. The maximum absolute atomic E-state index is 12.6. The number of aromatic nitrogens is 2. The maximum Gasteiger partial charge on any atom is 0.282 e. The standard InChI is InChI=1S/C17H24N4O2S/c1-19(24(22,23)21-10-6-3-7-11-21)13-17-12-18-20(15-17)14-16-8-4-2-5-9-16/h2,4-5,8-9,12,15H,3,6-7,10-11,13-14H2,1H3. The molecule has 0 atom stereocenters. The van der Waals surface area contributed by atoms with Crippen LogP contribution in [0, 0.1) is 0 Å². The Balaban J connectivity index is 1.63. The highest BCUT2D eigenvalue weighted by molar-refractivity contribution is 7.86. The lowest BCUT2D eigenvalue weighted by Gasteiger charge is -2.29. The van der Waals surface area contributed by atoms with Gasteiger partial charge in [-0.25, -0.2) is 0 Å². The van der Waals surface area contributed by atoms with Crippen LogP contribution in [0.1, 0.15) is 30.4 Å². The number of hydrogen-bond donors (Lipinski definition) is 0. The quantitative estimate of drug-likeness (QED) is 0.803. The van der Waals surface area contributed by atoms with Gasteiger partial charge in [0.1, 0.15) is 0 Å². The van der Waals surface area contributed by atoms with Crippen LogP contribution in [-0.4, -0.2) is 46.9 Å². The Bertz CT molecular complexity index is 752. The first-order valence-electron chi connectivity index (χ1n) is 8.32. The molecular formula is C17H24N4O2S. The molecule has 1 aromatic heterocycles. The highest BCUT2D eigenvalue weighted by Gasteiger charge is 2.28. The van der Waals surface area contributed by atoms with Crippen molar-refractivity contribution in [2.24, 2.45) is 0 Å². The smallest absolute Gasteiger partial charge is 0.268 e. The molecule has 3 rings (SSSR count). The van der Waals surface area contributed by atoms with E-state index in [1.54, 1.807) is 17.5 Å². The number of rotatable bonds is 6. The van der Waals surface area contributed by atoms with Gasteiger partial charge in [0.25, 0.3) is 10.2 Å². The topological polar surface area (TPSA) is 58.4 Å². The highest BCUT2D eigenvalue weighted by atomic mass is 32.2. The zero-order valence-corrected chi connectivity index (χ0v) is 14.8. The molecule has 0 radical (unpaired) electrons. The van der Waals surface area contributed by atoms with Gasteiger partial charge in [0.15, 0.2) is 0 Å². The summed E-state index contributed by atoms with van der Waals surface area (Å²) >= 11 is 0. The van der Waals surface area contributed by atoms with Gasteiger partial charge in [-0.2, -0.15) is 22.1 Å². The largest absolute Gasteiger partial charge is 0.282 e. The van der Waals surface area contributed by atoms with E-state index in [2.05, 4.69) is 5.10 Å². The molecule has 1 saturated heterocycles. The Kier molecular flexibility index (Phi) is 5.33. The second-order valence-electron chi connectivity index (χ2n) is 6.26. The summed E-state index contributed by atoms with van der Waals surface area (Å²) in [6, 6.07) is 10.1. The summed E-state index contributed by atoms with van der Waals surface area (Å²) in [5, 5.41) is 4.34. The predicted molar refractivity (Wildman–Crippen MR) is 93.6 cm³/mol. The van der Waals surface area contributed by atoms with Crippen LogP contribution in [0.15, 0.2) is 42.7 Å². The normalized spacial score (nSPS) is 16.6. The molecule has 0 bridgehead atoms. The van der Waals surface area contributed by atoms with E-state index in [0.717, 1.165) is 24.8 Å². The van der Waals surface area contributed by atoms with Crippen LogP contribution < -0.4 is 0 Å². The van der Waals surface area contributed by atoms with Gasteiger partial charge in [-0.1, -0.05) is 36.8 Å². The van der Waals surface area contributed by atoms with E-state index < -0.39 is 10.2 Å². The summed E-state index contributed by atoms with van der Waals surface area (Å²) < 4.78 is 30.1. The molecule has 6 nitrogen and oxygen atoms in total. The molecule has 1 aliphatic rings. The third-order valence-electron chi connectivity index (χ3n) is 4.31. The Hall–Kier alpha value is -1.70. The third kappa shape index (κ3) is 4.03. The van der Waals surface area contributed by atoms with Gasteiger partial charge >= 0.3 is 0 Å². The number of benzene rings is 1. The summed E-state index contributed by atoms with van der Waals surface area (Å²) in [6.45, 7) is 2.27. The molecule has 0 amide bonds. The molecule has 2 heterocycles. The number of nitrogens with zero attached hydrogens (tertiary/aromatic N) is 4. The molecule has 0 spiro atoms. The van der Waals surface area contributed by atoms with E-state index in [-0.39, 0.29) is 0 Å². The van der Waals surface area contributed by atoms with E-state index in [9.17, 15) is 8.42 Å². The van der Waals surface area contributed by atoms with Crippen LogP contribution in [-0.2, 0) is 23.3 Å². The number of piperidine rings is 1. The molecule has 130 valence electrons. The van der Waals surface area contributed by atoms with Crippen molar-refractivity contribution in [2.75, 3.05) is 20.1 Å². The van der Waals surface area contributed by atoms with E-state index in [1.165, 1.54) is 9.87 Å². The summed E-state index contributed by atoms with van der Waals surface area (Å²) in [5.74, 6) is 0. The van der Waals surface area contributed by atoms with Gasteiger partial charge in [-0.15, -0.1) is 0 Å². The molecular weight excluding hydrogens is 324 g/mol. The minimum Gasteiger partial charge on any atom is -0.268 e. The minimum absolute atomic E-state index is 0.341. The van der Waals surface area contributed by atoms with Crippen molar-refractivity contribution in [3.05, 3.63) is 53.9 Å². The fourth-order valence-corrected chi connectivity index (χ4v) is 4.40. The second kappa shape index (κ2) is 7.46. The third-order valence-corrected chi connectivity index (χ3v) is 6.25. The molecule has 0 saturated carbocycles. The van der Waals surface area contributed by atoms with Gasteiger partial charge in [0, 0.05) is 38.4 Å². The first-order valence-corrected chi connectivity index (χ1v) is 9.72. The van der Waals surface area contributed by atoms with Crippen molar-refractivity contribution in [1.82, 2.24) is 18.4 Å². The van der Waals surface area contributed by atoms with Gasteiger partial charge in [0.2, 0.25) is 0 Å². The van der Waals surface area contributed by atoms with Crippen LogP contribution in [0.5, 0.6) is 0 Å². The van der Waals surface area contributed by atoms with Crippen molar-refractivity contribution < 1.29 is 8.42 Å².